The zero-order valence-corrected chi connectivity index (χ0v) is 11.6. The highest BCUT2D eigenvalue weighted by molar-refractivity contribution is 5.73. The third-order valence-electron chi connectivity index (χ3n) is 3.84. The van der Waals surface area contributed by atoms with E-state index in [4.69, 9.17) is 10.5 Å². The third kappa shape index (κ3) is 2.31. The van der Waals surface area contributed by atoms with Crippen molar-refractivity contribution in [1.29, 1.82) is 0 Å². The Bertz CT molecular complexity index is 665. The molecule has 1 aromatic carbocycles. The monoisotopic (exact) mass is 288 g/mol. The van der Waals surface area contributed by atoms with Crippen LogP contribution >= 0.6 is 0 Å². The van der Waals surface area contributed by atoms with Crippen LogP contribution in [0.4, 0.5) is 5.95 Å². The number of hydrogen-bond acceptors (Lipinski definition) is 5. The van der Waals surface area contributed by atoms with Crippen molar-refractivity contribution >= 4 is 11.9 Å². The number of carbonyl (C=O) groups is 1. The summed E-state index contributed by atoms with van der Waals surface area (Å²) in [6.07, 6.45) is 1.35. The first-order chi connectivity index (χ1) is 10.1. The molecule has 2 atom stereocenters. The summed E-state index contributed by atoms with van der Waals surface area (Å²) in [5.41, 5.74) is 6.54. The standard InChI is InChI=1S/C14H16N4O3/c1-21-9-4-2-8(3-5-9)10-6-7-11-16-14(15)17-18(11)12(10)13(19)20/h2-5,10,12H,6-7H2,1H3,(H2,15,17)(H,19,20). The Morgan fingerprint density at radius 3 is 2.76 bits per heavy atom. The van der Waals surface area contributed by atoms with Gasteiger partial charge < -0.3 is 15.6 Å². The van der Waals surface area contributed by atoms with Crippen molar-refractivity contribution in [2.75, 3.05) is 12.8 Å². The topological polar surface area (TPSA) is 103 Å². The van der Waals surface area contributed by atoms with Crippen molar-refractivity contribution in [3.63, 3.8) is 0 Å². The van der Waals surface area contributed by atoms with Crippen LogP contribution in [0.3, 0.4) is 0 Å². The maximum Gasteiger partial charge on any atom is 0.329 e. The van der Waals surface area contributed by atoms with Crippen LogP contribution in [0.5, 0.6) is 5.75 Å². The quantitative estimate of drug-likeness (QED) is 0.880. The SMILES string of the molecule is COc1ccc(C2CCc3nc(N)nn3C2C(=O)O)cc1. The summed E-state index contributed by atoms with van der Waals surface area (Å²) in [6.45, 7) is 0. The van der Waals surface area contributed by atoms with Crippen molar-refractivity contribution in [3.05, 3.63) is 35.7 Å². The smallest absolute Gasteiger partial charge is 0.329 e. The van der Waals surface area contributed by atoms with Crippen LogP contribution in [0.25, 0.3) is 0 Å². The average molecular weight is 288 g/mol. The van der Waals surface area contributed by atoms with E-state index in [1.807, 2.05) is 24.3 Å². The van der Waals surface area contributed by atoms with Crippen molar-refractivity contribution in [3.8, 4) is 5.75 Å². The molecule has 2 unspecified atom stereocenters. The van der Waals surface area contributed by atoms with Gasteiger partial charge in [0.15, 0.2) is 6.04 Å². The summed E-state index contributed by atoms with van der Waals surface area (Å²) in [6, 6.07) is 6.67. The van der Waals surface area contributed by atoms with E-state index in [1.165, 1.54) is 4.68 Å². The van der Waals surface area contributed by atoms with Gasteiger partial charge in [-0.15, -0.1) is 5.10 Å². The number of rotatable bonds is 3. The van der Waals surface area contributed by atoms with Crippen molar-refractivity contribution < 1.29 is 14.6 Å². The van der Waals surface area contributed by atoms with Crippen LogP contribution in [-0.2, 0) is 11.2 Å². The van der Waals surface area contributed by atoms with E-state index in [0.29, 0.717) is 18.7 Å². The molecule has 2 aromatic rings. The molecule has 1 aromatic heterocycles. The van der Waals surface area contributed by atoms with Crippen molar-refractivity contribution in [2.24, 2.45) is 0 Å². The van der Waals surface area contributed by atoms with Crippen LogP contribution in [0.1, 0.15) is 29.8 Å². The maximum atomic E-state index is 11.7. The molecule has 3 N–H and O–H groups in total. The van der Waals surface area contributed by atoms with Gasteiger partial charge in [0.2, 0.25) is 5.95 Å². The van der Waals surface area contributed by atoms with Gasteiger partial charge in [-0.3, -0.25) is 0 Å². The summed E-state index contributed by atoms with van der Waals surface area (Å²) >= 11 is 0. The molecular formula is C14H16N4O3. The molecule has 1 aliphatic heterocycles. The van der Waals surface area contributed by atoms with Crippen LogP contribution < -0.4 is 10.5 Å². The second-order valence-corrected chi connectivity index (χ2v) is 5.03. The van der Waals surface area contributed by atoms with E-state index < -0.39 is 12.0 Å². The first-order valence-electron chi connectivity index (χ1n) is 6.68. The first kappa shape index (κ1) is 13.4. The van der Waals surface area contributed by atoms with Crippen LogP contribution in [0.2, 0.25) is 0 Å². The number of nitrogens with zero attached hydrogens (tertiary/aromatic N) is 3. The minimum absolute atomic E-state index is 0.117. The van der Waals surface area contributed by atoms with E-state index in [1.54, 1.807) is 7.11 Å². The minimum Gasteiger partial charge on any atom is -0.497 e. The van der Waals surface area contributed by atoms with Gasteiger partial charge in [-0.2, -0.15) is 4.98 Å². The number of carboxylic acids is 1. The lowest BCUT2D eigenvalue weighted by Gasteiger charge is -2.29. The van der Waals surface area contributed by atoms with Gasteiger partial charge in [-0.25, -0.2) is 9.48 Å². The van der Waals surface area contributed by atoms with E-state index in [-0.39, 0.29) is 11.9 Å². The van der Waals surface area contributed by atoms with Gasteiger partial charge in [0.1, 0.15) is 11.6 Å². The lowest BCUT2D eigenvalue weighted by Crippen LogP contribution is -2.32. The molecule has 0 bridgehead atoms. The van der Waals surface area contributed by atoms with E-state index in [9.17, 15) is 9.90 Å². The van der Waals surface area contributed by atoms with Gasteiger partial charge in [-0.1, -0.05) is 12.1 Å². The van der Waals surface area contributed by atoms with Gasteiger partial charge in [-0.05, 0) is 24.1 Å². The van der Waals surface area contributed by atoms with Gasteiger partial charge >= 0.3 is 5.97 Å². The van der Waals surface area contributed by atoms with Crippen LogP contribution in [0, 0.1) is 0 Å². The molecule has 7 heteroatoms. The van der Waals surface area contributed by atoms with Crippen LogP contribution in [-0.4, -0.2) is 33.0 Å². The molecule has 110 valence electrons. The highest BCUT2D eigenvalue weighted by atomic mass is 16.5. The zero-order valence-electron chi connectivity index (χ0n) is 11.6. The maximum absolute atomic E-state index is 11.7. The molecule has 21 heavy (non-hydrogen) atoms. The summed E-state index contributed by atoms with van der Waals surface area (Å²) in [5, 5.41) is 13.6. The number of carboxylic acid groups (broad SMARTS) is 1. The number of benzene rings is 1. The Morgan fingerprint density at radius 1 is 1.43 bits per heavy atom. The fraction of sp³-hybridized carbons (Fsp3) is 0.357. The number of fused-ring (bicyclic) bond motifs is 1. The molecule has 0 spiro atoms. The van der Waals surface area contributed by atoms with Crippen LogP contribution in [0.15, 0.2) is 24.3 Å². The molecule has 2 heterocycles. The molecule has 3 rings (SSSR count). The number of aryl methyl sites for hydroxylation is 1. The first-order valence-corrected chi connectivity index (χ1v) is 6.68. The molecule has 0 saturated carbocycles. The molecule has 0 fully saturated rings. The molecular weight excluding hydrogens is 272 g/mol. The number of hydrogen-bond donors (Lipinski definition) is 2. The fourth-order valence-corrected chi connectivity index (χ4v) is 2.86. The number of methoxy groups -OCH3 is 1. The molecule has 0 radical (unpaired) electrons. The second kappa shape index (κ2) is 5.08. The summed E-state index contributed by atoms with van der Waals surface area (Å²) in [4.78, 5) is 15.8. The zero-order chi connectivity index (χ0) is 15.0. The lowest BCUT2D eigenvalue weighted by molar-refractivity contribution is -0.142. The molecule has 7 nitrogen and oxygen atoms in total. The molecule has 1 aliphatic rings. The van der Waals surface area contributed by atoms with Crippen molar-refractivity contribution in [2.45, 2.75) is 24.8 Å². The molecule has 0 saturated heterocycles. The molecule has 0 amide bonds. The Kier molecular flexibility index (Phi) is 3.25. The van der Waals surface area contributed by atoms with Gasteiger partial charge in [0.25, 0.3) is 0 Å². The summed E-state index contributed by atoms with van der Waals surface area (Å²) in [5.74, 6) is 0.395. The van der Waals surface area contributed by atoms with Crippen molar-refractivity contribution in [1.82, 2.24) is 14.8 Å². The third-order valence-corrected chi connectivity index (χ3v) is 3.84. The number of anilines is 1. The normalized spacial score (nSPS) is 20.8. The average Bonchev–Trinajstić information content (AvgIpc) is 2.86. The predicted octanol–water partition coefficient (Wildman–Crippen LogP) is 1.22. The second-order valence-electron chi connectivity index (χ2n) is 5.03. The highest BCUT2D eigenvalue weighted by Crippen LogP contribution is 2.38. The number of ether oxygens (including phenoxy) is 1. The Labute approximate surface area is 121 Å². The summed E-state index contributed by atoms with van der Waals surface area (Å²) < 4.78 is 6.57. The Hall–Kier alpha value is -2.57. The molecule has 0 aliphatic carbocycles. The Balaban J connectivity index is 1.99. The number of nitrogens with two attached hydrogens (primary N) is 1. The van der Waals surface area contributed by atoms with E-state index in [0.717, 1.165) is 11.3 Å². The number of nitrogen functional groups attached to an aromatic ring is 1. The predicted molar refractivity (Wildman–Crippen MR) is 75.2 cm³/mol. The largest absolute Gasteiger partial charge is 0.497 e. The highest BCUT2D eigenvalue weighted by Gasteiger charge is 2.37. The fourth-order valence-electron chi connectivity index (χ4n) is 2.86. The minimum atomic E-state index is -0.929. The Morgan fingerprint density at radius 2 is 2.14 bits per heavy atom. The van der Waals surface area contributed by atoms with E-state index >= 15 is 0 Å². The van der Waals surface area contributed by atoms with Gasteiger partial charge in [0.05, 0.1) is 7.11 Å². The van der Waals surface area contributed by atoms with E-state index in [2.05, 4.69) is 10.1 Å². The number of aromatic nitrogens is 3. The lowest BCUT2D eigenvalue weighted by atomic mass is 9.85. The number of aliphatic carboxylic acids is 1. The van der Waals surface area contributed by atoms with Gasteiger partial charge in [0, 0.05) is 12.3 Å². The summed E-state index contributed by atoms with van der Waals surface area (Å²) in [7, 11) is 1.60.